The number of imidazole rings is 1. The van der Waals surface area contributed by atoms with Crippen LogP contribution in [0.15, 0.2) is 24.5 Å². The topological polar surface area (TPSA) is 60.4 Å². The summed E-state index contributed by atoms with van der Waals surface area (Å²) in [4.78, 5) is 14.9. The van der Waals surface area contributed by atoms with Gasteiger partial charge in [-0.25, -0.2) is 4.98 Å². The fourth-order valence-corrected chi connectivity index (χ4v) is 1.29. The zero-order valence-corrected chi connectivity index (χ0v) is 7.32. The molecule has 2 rings (SSSR count). The zero-order chi connectivity index (χ0) is 9.42. The quantitative estimate of drug-likeness (QED) is 0.741. The Labute approximate surface area is 78.9 Å². The molecule has 0 aromatic carbocycles. The maximum atomic E-state index is 10.9. The molecule has 1 amide bonds. The molecule has 0 aliphatic rings. The number of pyridine rings is 1. The molecule has 4 nitrogen and oxygen atoms in total. The highest BCUT2D eigenvalue weighted by atomic mass is 35.5. The number of primary amides is 1. The maximum Gasteiger partial charge on any atom is 0.267 e. The second kappa shape index (κ2) is 2.74. The van der Waals surface area contributed by atoms with Crippen LogP contribution < -0.4 is 5.73 Å². The highest BCUT2D eigenvalue weighted by Crippen LogP contribution is 2.12. The molecule has 0 aliphatic carbocycles. The highest BCUT2D eigenvalue weighted by molar-refractivity contribution is 6.30. The Balaban J connectivity index is 2.76. The molecule has 0 radical (unpaired) electrons. The molecule has 0 aliphatic heterocycles. The predicted molar refractivity (Wildman–Crippen MR) is 48.7 cm³/mol. The first-order valence-electron chi connectivity index (χ1n) is 3.61. The second-order valence-electron chi connectivity index (χ2n) is 2.58. The minimum Gasteiger partial charge on any atom is -0.364 e. The summed E-state index contributed by atoms with van der Waals surface area (Å²) in [7, 11) is 0. The van der Waals surface area contributed by atoms with Gasteiger partial charge in [0.2, 0.25) is 0 Å². The minimum atomic E-state index is -0.505. The van der Waals surface area contributed by atoms with Gasteiger partial charge in [0.05, 0.1) is 6.20 Å². The van der Waals surface area contributed by atoms with E-state index in [4.69, 9.17) is 17.3 Å². The van der Waals surface area contributed by atoms with Crippen molar-refractivity contribution in [3.8, 4) is 0 Å². The number of fused-ring (bicyclic) bond motifs is 1. The average Bonchev–Trinajstić information content (AvgIpc) is 2.46. The number of aromatic nitrogens is 2. The Morgan fingerprint density at radius 3 is 3.08 bits per heavy atom. The number of carbonyl (C=O) groups excluding carboxylic acids is 1. The van der Waals surface area contributed by atoms with E-state index in [9.17, 15) is 4.79 Å². The number of nitrogens with two attached hydrogens (primary N) is 1. The fourth-order valence-electron chi connectivity index (χ4n) is 1.14. The number of hydrogen-bond acceptors (Lipinski definition) is 2. The molecule has 2 heterocycles. The molecule has 2 aromatic rings. The van der Waals surface area contributed by atoms with Gasteiger partial charge < -0.3 is 5.73 Å². The summed E-state index contributed by atoms with van der Waals surface area (Å²) in [6.45, 7) is 0. The molecule has 0 atom stereocenters. The van der Waals surface area contributed by atoms with Crippen LogP contribution in [-0.2, 0) is 0 Å². The molecule has 2 N–H and O–H groups in total. The SMILES string of the molecule is NC(=O)c1cnc2cc(Cl)ccn12. The number of amides is 1. The van der Waals surface area contributed by atoms with Crippen molar-refractivity contribution in [2.75, 3.05) is 0 Å². The van der Waals surface area contributed by atoms with Gasteiger partial charge in [-0.05, 0) is 6.07 Å². The summed E-state index contributed by atoms with van der Waals surface area (Å²) in [6.07, 6.45) is 3.08. The van der Waals surface area contributed by atoms with Gasteiger partial charge in [0.1, 0.15) is 11.3 Å². The maximum absolute atomic E-state index is 10.9. The number of hydrogen-bond donors (Lipinski definition) is 1. The van der Waals surface area contributed by atoms with Crippen LogP contribution in [0.1, 0.15) is 10.5 Å². The van der Waals surface area contributed by atoms with Gasteiger partial charge in [-0.2, -0.15) is 0 Å². The molecule has 5 heteroatoms. The lowest BCUT2D eigenvalue weighted by molar-refractivity contribution is 0.0995. The van der Waals surface area contributed by atoms with E-state index in [2.05, 4.69) is 4.98 Å². The Morgan fingerprint density at radius 2 is 2.38 bits per heavy atom. The number of nitrogens with zero attached hydrogens (tertiary/aromatic N) is 2. The molecule has 2 aromatic heterocycles. The lowest BCUT2D eigenvalue weighted by atomic mass is 10.4. The summed E-state index contributed by atoms with van der Waals surface area (Å²) in [5.74, 6) is -0.505. The Morgan fingerprint density at radius 1 is 1.62 bits per heavy atom. The lowest BCUT2D eigenvalue weighted by Crippen LogP contribution is -2.13. The van der Waals surface area contributed by atoms with E-state index < -0.39 is 5.91 Å². The van der Waals surface area contributed by atoms with Crippen molar-refractivity contribution in [1.29, 1.82) is 0 Å². The normalized spacial score (nSPS) is 10.5. The third kappa shape index (κ3) is 1.25. The van der Waals surface area contributed by atoms with Crippen LogP contribution in [0.25, 0.3) is 5.65 Å². The molecule has 0 saturated carbocycles. The largest absolute Gasteiger partial charge is 0.364 e. The van der Waals surface area contributed by atoms with Crippen molar-refractivity contribution in [1.82, 2.24) is 9.38 Å². The number of rotatable bonds is 1. The Bertz CT molecular complexity index is 477. The predicted octanol–water partition coefficient (Wildman–Crippen LogP) is 1.09. The van der Waals surface area contributed by atoms with Crippen LogP contribution in [0.5, 0.6) is 0 Å². The summed E-state index contributed by atoms with van der Waals surface area (Å²) in [5.41, 5.74) is 6.10. The van der Waals surface area contributed by atoms with Gasteiger partial charge in [0.25, 0.3) is 5.91 Å². The molecule has 0 spiro atoms. The summed E-state index contributed by atoms with van der Waals surface area (Å²) >= 11 is 5.74. The highest BCUT2D eigenvalue weighted by Gasteiger charge is 2.07. The van der Waals surface area contributed by atoms with Gasteiger partial charge in [0, 0.05) is 17.3 Å². The van der Waals surface area contributed by atoms with E-state index in [0.29, 0.717) is 16.4 Å². The molecular formula is C8H6ClN3O. The van der Waals surface area contributed by atoms with Crippen LogP contribution in [0.2, 0.25) is 5.02 Å². The van der Waals surface area contributed by atoms with E-state index in [0.717, 1.165) is 0 Å². The molecule has 0 unspecified atom stereocenters. The van der Waals surface area contributed by atoms with Gasteiger partial charge in [0.15, 0.2) is 0 Å². The van der Waals surface area contributed by atoms with E-state index in [-0.39, 0.29) is 0 Å². The average molecular weight is 196 g/mol. The van der Waals surface area contributed by atoms with E-state index >= 15 is 0 Å². The first-order valence-corrected chi connectivity index (χ1v) is 3.98. The van der Waals surface area contributed by atoms with Crippen LogP contribution >= 0.6 is 11.6 Å². The van der Waals surface area contributed by atoms with Crippen LogP contribution in [0, 0.1) is 0 Å². The molecular weight excluding hydrogens is 190 g/mol. The molecule has 0 fully saturated rings. The zero-order valence-electron chi connectivity index (χ0n) is 6.57. The first-order chi connectivity index (χ1) is 6.18. The van der Waals surface area contributed by atoms with Crippen molar-refractivity contribution in [2.45, 2.75) is 0 Å². The summed E-state index contributed by atoms with van der Waals surface area (Å²) in [6, 6.07) is 3.33. The monoisotopic (exact) mass is 195 g/mol. The summed E-state index contributed by atoms with van der Waals surface area (Å²) < 4.78 is 1.59. The van der Waals surface area contributed by atoms with Crippen LogP contribution in [0.3, 0.4) is 0 Å². The standard InChI is InChI=1S/C8H6ClN3O/c9-5-1-2-12-6(8(10)13)4-11-7(12)3-5/h1-4H,(H2,10,13). The summed E-state index contributed by atoms with van der Waals surface area (Å²) in [5, 5.41) is 0.578. The van der Waals surface area contributed by atoms with Crippen molar-refractivity contribution in [3.63, 3.8) is 0 Å². The van der Waals surface area contributed by atoms with Gasteiger partial charge in [-0.3, -0.25) is 9.20 Å². The smallest absolute Gasteiger partial charge is 0.267 e. The second-order valence-corrected chi connectivity index (χ2v) is 3.02. The van der Waals surface area contributed by atoms with Gasteiger partial charge >= 0.3 is 0 Å². The van der Waals surface area contributed by atoms with Crippen molar-refractivity contribution < 1.29 is 4.79 Å². The number of halogens is 1. The van der Waals surface area contributed by atoms with Crippen LogP contribution in [0.4, 0.5) is 0 Å². The van der Waals surface area contributed by atoms with E-state index in [1.807, 2.05) is 0 Å². The first kappa shape index (κ1) is 8.07. The van der Waals surface area contributed by atoms with Crippen LogP contribution in [-0.4, -0.2) is 15.3 Å². The van der Waals surface area contributed by atoms with E-state index in [1.165, 1.54) is 6.20 Å². The number of carbonyl (C=O) groups is 1. The lowest BCUT2D eigenvalue weighted by Gasteiger charge is -1.96. The Kier molecular flexibility index (Phi) is 1.70. The van der Waals surface area contributed by atoms with Crippen molar-refractivity contribution >= 4 is 23.2 Å². The molecule has 0 bridgehead atoms. The fraction of sp³-hybridized carbons (Fsp3) is 0. The third-order valence-electron chi connectivity index (χ3n) is 1.73. The Hall–Kier alpha value is -1.55. The molecule has 13 heavy (non-hydrogen) atoms. The van der Waals surface area contributed by atoms with Gasteiger partial charge in [-0.15, -0.1) is 0 Å². The van der Waals surface area contributed by atoms with Gasteiger partial charge in [-0.1, -0.05) is 11.6 Å². The van der Waals surface area contributed by atoms with Crippen molar-refractivity contribution in [3.05, 3.63) is 35.2 Å². The van der Waals surface area contributed by atoms with E-state index in [1.54, 1.807) is 22.7 Å². The minimum absolute atomic E-state index is 0.353. The third-order valence-corrected chi connectivity index (χ3v) is 1.96. The molecule has 66 valence electrons. The van der Waals surface area contributed by atoms with Crippen molar-refractivity contribution in [2.24, 2.45) is 5.73 Å². The molecule has 0 saturated heterocycles.